The fraction of sp³-hybridized carbons (Fsp3) is 0.474. The zero-order valence-corrected chi connectivity index (χ0v) is 20.6. The number of nitrogens with one attached hydrogen (secondary N) is 3. The highest BCUT2D eigenvalue weighted by atomic mass is 127. The molecule has 2 aromatic heterocycles. The summed E-state index contributed by atoms with van der Waals surface area (Å²) in [6, 6.07) is 3.11. The molecular formula is C19H28IN5O4S. The van der Waals surface area contributed by atoms with Gasteiger partial charge in [-0.05, 0) is 39.8 Å². The second-order valence-electron chi connectivity index (χ2n) is 6.05. The van der Waals surface area contributed by atoms with Crippen LogP contribution in [0.1, 0.15) is 57.7 Å². The summed E-state index contributed by atoms with van der Waals surface area (Å²) in [5.41, 5.74) is 0.652. The molecule has 0 saturated heterocycles. The van der Waals surface area contributed by atoms with E-state index in [0.29, 0.717) is 42.8 Å². The van der Waals surface area contributed by atoms with Crippen molar-refractivity contribution in [3.05, 3.63) is 39.7 Å². The number of amides is 1. The van der Waals surface area contributed by atoms with Crippen molar-refractivity contribution >= 4 is 53.1 Å². The van der Waals surface area contributed by atoms with Crippen LogP contribution < -0.4 is 16.0 Å². The number of nitrogens with zero attached hydrogens (tertiary/aromatic N) is 2. The molecule has 1 amide bonds. The lowest BCUT2D eigenvalue weighted by Crippen LogP contribution is -2.39. The van der Waals surface area contributed by atoms with Gasteiger partial charge < -0.3 is 25.1 Å². The molecule has 2 rings (SSSR count). The minimum atomic E-state index is -0.353. The molecule has 0 aliphatic carbocycles. The molecule has 0 aliphatic rings. The molecule has 9 nitrogen and oxygen atoms in total. The topological polar surface area (TPSA) is 118 Å². The van der Waals surface area contributed by atoms with E-state index in [4.69, 9.17) is 9.15 Å². The predicted molar refractivity (Wildman–Crippen MR) is 127 cm³/mol. The van der Waals surface area contributed by atoms with Gasteiger partial charge in [-0.15, -0.1) is 35.3 Å². The normalized spacial score (nSPS) is 11.9. The highest BCUT2D eigenvalue weighted by Crippen LogP contribution is 2.24. The second kappa shape index (κ2) is 13.2. The summed E-state index contributed by atoms with van der Waals surface area (Å²) >= 11 is 1.31. The Morgan fingerprint density at radius 2 is 2.10 bits per heavy atom. The van der Waals surface area contributed by atoms with E-state index in [1.54, 1.807) is 26.0 Å². The lowest BCUT2D eigenvalue weighted by atomic mass is 10.3. The summed E-state index contributed by atoms with van der Waals surface area (Å²) in [5, 5.41) is 9.93. The zero-order chi connectivity index (χ0) is 21.2. The Morgan fingerprint density at radius 3 is 2.73 bits per heavy atom. The van der Waals surface area contributed by atoms with E-state index in [9.17, 15) is 9.59 Å². The van der Waals surface area contributed by atoms with Crippen molar-refractivity contribution in [1.29, 1.82) is 0 Å². The van der Waals surface area contributed by atoms with Gasteiger partial charge in [0, 0.05) is 13.1 Å². The average molecular weight is 549 g/mol. The van der Waals surface area contributed by atoms with Crippen LogP contribution in [0.5, 0.6) is 0 Å². The molecule has 0 aromatic carbocycles. The van der Waals surface area contributed by atoms with Gasteiger partial charge in [-0.1, -0.05) is 0 Å². The molecular weight excluding hydrogens is 521 g/mol. The zero-order valence-electron chi connectivity index (χ0n) is 17.5. The van der Waals surface area contributed by atoms with Crippen LogP contribution in [-0.2, 0) is 4.74 Å². The summed E-state index contributed by atoms with van der Waals surface area (Å²) in [5.74, 6) is 0.233. The third kappa shape index (κ3) is 7.59. The van der Waals surface area contributed by atoms with Crippen molar-refractivity contribution in [3.63, 3.8) is 0 Å². The molecule has 1 atom stereocenters. The van der Waals surface area contributed by atoms with Crippen LogP contribution in [0.15, 0.2) is 27.8 Å². The Labute approximate surface area is 197 Å². The lowest BCUT2D eigenvalue weighted by Gasteiger charge is -2.16. The van der Waals surface area contributed by atoms with E-state index in [-0.39, 0.29) is 47.7 Å². The van der Waals surface area contributed by atoms with E-state index in [2.05, 4.69) is 25.9 Å². The number of aliphatic imine (C=N–C) groups is 1. The number of rotatable bonds is 9. The van der Waals surface area contributed by atoms with Crippen molar-refractivity contribution in [3.8, 4) is 0 Å². The maximum Gasteiger partial charge on any atom is 0.350 e. The fourth-order valence-corrected chi connectivity index (χ4v) is 3.37. The molecule has 0 bridgehead atoms. The van der Waals surface area contributed by atoms with Gasteiger partial charge in [-0.2, -0.15) is 0 Å². The number of ether oxygens (including phenoxy) is 1. The van der Waals surface area contributed by atoms with Gasteiger partial charge in [-0.3, -0.25) is 9.79 Å². The maximum absolute atomic E-state index is 12.0. The van der Waals surface area contributed by atoms with Crippen LogP contribution in [0.2, 0.25) is 0 Å². The molecule has 11 heteroatoms. The number of guanidine groups is 1. The third-order valence-electron chi connectivity index (χ3n) is 3.75. The SMILES string of the molecule is CCNC(=NCCNC(=O)c1ccco1)NC(C)c1nc(C)c(C(=O)OCC)s1.I. The Bertz CT molecular complexity index is 838. The fourth-order valence-electron chi connectivity index (χ4n) is 2.41. The Hall–Kier alpha value is -2.15. The second-order valence-corrected chi connectivity index (χ2v) is 7.08. The standard InChI is InChI=1S/C19H27N5O4S.HI/c1-5-20-19(22-10-9-21-16(25)14-8-7-11-28-14)24-13(4)17-23-12(3)15(29-17)18(26)27-6-2;/h7-8,11,13H,5-6,9-10H2,1-4H3,(H,21,25)(H2,20,22,24);1H. The van der Waals surface area contributed by atoms with Crippen molar-refractivity contribution < 1.29 is 18.7 Å². The largest absolute Gasteiger partial charge is 0.462 e. The quantitative estimate of drug-likeness (QED) is 0.145. The maximum atomic E-state index is 12.0. The number of thiazole rings is 1. The van der Waals surface area contributed by atoms with Gasteiger partial charge >= 0.3 is 5.97 Å². The van der Waals surface area contributed by atoms with Crippen LogP contribution in [0.4, 0.5) is 0 Å². The minimum Gasteiger partial charge on any atom is -0.462 e. The van der Waals surface area contributed by atoms with Crippen LogP contribution >= 0.6 is 35.3 Å². The van der Waals surface area contributed by atoms with Gasteiger partial charge in [-0.25, -0.2) is 9.78 Å². The first kappa shape index (κ1) is 25.9. The van der Waals surface area contributed by atoms with E-state index < -0.39 is 0 Å². The summed E-state index contributed by atoms with van der Waals surface area (Å²) in [6.07, 6.45) is 1.45. The molecule has 2 heterocycles. The monoisotopic (exact) mass is 549 g/mol. The van der Waals surface area contributed by atoms with Crippen LogP contribution in [0.25, 0.3) is 0 Å². The summed E-state index contributed by atoms with van der Waals surface area (Å²) < 4.78 is 10.1. The summed E-state index contributed by atoms with van der Waals surface area (Å²) in [4.78, 5) is 33.3. The van der Waals surface area contributed by atoms with Crippen LogP contribution in [0, 0.1) is 6.92 Å². The van der Waals surface area contributed by atoms with Crippen molar-refractivity contribution in [2.75, 3.05) is 26.2 Å². The number of halogens is 1. The third-order valence-corrected chi connectivity index (χ3v) is 5.07. The highest BCUT2D eigenvalue weighted by molar-refractivity contribution is 14.0. The summed E-state index contributed by atoms with van der Waals surface area (Å²) in [6.45, 7) is 9.24. The molecule has 30 heavy (non-hydrogen) atoms. The van der Waals surface area contributed by atoms with E-state index in [1.807, 2.05) is 13.8 Å². The molecule has 0 radical (unpaired) electrons. The number of furan rings is 1. The molecule has 0 spiro atoms. The first-order valence-corrected chi connectivity index (χ1v) is 10.3. The van der Waals surface area contributed by atoms with Crippen LogP contribution in [-0.4, -0.2) is 49.1 Å². The minimum absolute atomic E-state index is 0. The van der Waals surface area contributed by atoms with Crippen molar-refractivity contribution in [1.82, 2.24) is 20.9 Å². The number of hydrogen-bond acceptors (Lipinski definition) is 7. The van der Waals surface area contributed by atoms with Gasteiger partial charge in [0.2, 0.25) is 0 Å². The van der Waals surface area contributed by atoms with E-state index >= 15 is 0 Å². The van der Waals surface area contributed by atoms with Crippen molar-refractivity contribution in [2.24, 2.45) is 4.99 Å². The smallest absolute Gasteiger partial charge is 0.350 e. The molecule has 0 aliphatic heterocycles. The number of carbonyl (C=O) groups excluding carboxylic acids is 2. The number of aryl methyl sites for hydroxylation is 1. The molecule has 0 saturated carbocycles. The van der Waals surface area contributed by atoms with Crippen LogP contribution in [0.3, 0.4) is 0 Å². The molecule has 3 N–H and O–H groups in total. The molecule has 1 unspecified atom stereocenters. The number of esters is 1. The molecule has 166 valence electrons. The first-order chi connectivity index (χ1) is 14.0. The number of hydrogen-bond donors (Lipinski definition) is 3. The Morgan fingerprint density at radius 1 is 1.33 bits per heavy atom. The first-order valence-electron chi connectivity index (χ1n) is 9.47. The molecule has 0 fully saturated rings. The lowest BCUT2D eigenvalue weighted by molar-refractivity contribution is 0.0531. The van der Waals surface area contributed by atoms with E-state index in [1.165, 1.54) is 17.6 Å². The van der Waals surface area contributed by atoms with Gasteiger partial charge in [0.15, 0.2) is 11.7 Å². The van der Waals surface area contributed by atoms with Gasteiger partial charge in [0.25, 0.3) is 5.91 Å². The highest BCUT2D eigenvalue weighted by Gasteiger charge is 2.20. The molecule has 2 aromatic rings. The van der Waals surface area contributed by atoms with Crippen molar-refractivity contribution in [2.45, 2.75) is 33.7 Å². The predicted octanol–water partition coefficient (Wildman–Crippen LogP) is 2.89. The van der Waals surface area contributed by atoms with E-state index in [0.717, 1.165) is 5.01 Å². The summed E-state index contributed by atoms with van der Waals surface area (Å²) in [7, 11) is 0. The Balaban J connectivity index is 0.00000450. The number of aromatic nitrogens is 1. The Kier molecular flexibility index (Phi) is 11.4. The number of carbonyl (C=O) groups is 2. The van der Waals surface area contributed by atoms with Gasteiger partial charge in [0.1, 0.15) is 9.88 Å². The van der Waals surface area contributed by atoms with Gasteiger partial charge in [0.05, 0.1) is 31.2 Å². The average Bonchev–Trinajstić information content (AvgIpc) is 3.35.